The highest BCUT2D eigenvalue weighted by molar-refractivity contribution is 6.13. The number of anilines is 1. The van der Waals surface area contributed by atoms with Crippen LogP contribution in [0, 0.1) is 6.92 Å². The van der Waals surface area contributed by atoms with Gasteiger partial charge in [0.1, 0.15) is 6.04 Å². The summed E-state index contributed by atoms with van der Waals surface area (Å²) < 4.78 is 0. The summed E-state index contributed by atoms with van der Waals surface area (Å²) in [6.45, 7) is 4.13. The van der Waals surface area contributed by atoms with Gasteiger partial charge in [0, 0.05) is 11.7 Å². The van der Waals surface area contributed by atoms with Crippen molar-refractivity contribution >= 4 is 23.5 Å². The molecule has 0 radical (unpaired) electrons. The van der Waals surface area contributed by atoms with Gasteiger partial charge in [-0.15, -0.1) is 0 Å². The van der Waals surface area contributed by atoms with Crippen LogP contribution in [0.2, 0.25) is 0 Å². The number of rotatable bonds is 6. The largest absolute Gasteiger partial charge is 0.348 e. The molecule has 4 amide bonds. The highest BCUT2D eigenvalue weighted by Crippen LogP contribution is 2.25. The Kier molecular flexibility index (Phi) is 4.76. The van der Waals surface area contributed by atoms with Gasteiger partial charge in [0.05, 0.1) is 7.05 Å². The van der Waals surface area contributed by atoms with Gasteiger partial charge < -0.3 is 10.2 Å². The van der Waals surface area contributed by atoms with E-state index in [2.05, 4.69) is 5.32 Å². The molecule has 2 fully saturated rings. The van der Waals surface area contributed by atoms with Gasteiger partial charge in [-0.3, -0.25) is 14.5 Å². The third kappa shape index (κ3) is 3.82. The molecule has 1 aromatic carbocycles. The van der Waals surface area contributed by atoms with E-state index in [9.17, 15) is 14.4 Å². The highest BCUT2D eigenvalue weighted by atomic mass is 16.2. The van der Waals surface area contributed by atoms with Crippen molar-refractivity contribution in [1.29, 1.82) is 0 Å². The normalized spacial score (nSPS) is 21.6. The number of likely N-dealkylation sites (N-methyl/N-ethyl adjacent to an activating group) is 1. The highest BCUT2D eigenvalue weighted by Gasteiger charge is 2.44. The Labute approximate surface area is 147 Å². The number of quaternary nitrogens is 1. The fraction of sp³-hybridized carbons (Fsp3) is 0.500. The lowest BCUT2D eigenvalue weighted by atomic mass is 10.2. The van der Waals surface area contributed by atoms with Crippen molar-refractivity contribution in [3.63, 3.8) is 0 Å². The molecule has 25 heavy (non-hydrogen) atoms. The summed E-state index contributed by atoms with van der Waals surface area (Å²) >= 11 is 0. The molecular weight excluding hydrogens is 320 g/mol. The van der Waals surface area contributed by atoms with E-state index in [1.807, 2.05) is 38.2 Å². The summed E-state index contributed by atoms with van der Waals surface area (Å²) in [7, 11) is 1.81. The standard InChI is InChI=1S/C18H24N4O3/c1-12-4-8-15(9-5-12)22-13(2)17(24)21(18(22)25)11-20(3)10-16(23)19-14-6-7-14/h4-5,8-9,13-14H,6-7,10-11H2,1-3H3,(H,19,23)/p+1/t13-/m0/s1. The van der Waals surface area contributed by atoms with Crippen molar-refractivity contribution in [2.45, 2.75) is 38.8 Å². The van der Waals surface area contributed by atoms with Crippen molar-refractivity contribution in [2.75, 3.05) is 25.2 Å². The van der Waals surface area contributed by atoms with Gasteiger partial charge in [0.15, 0.2) is 13.2 Å². The van der Waals surface area contributed by atoms with Crippen molar-refractivity contribution < 1.29 is 19.3 Å². The van der Waals surface area contributed by atoms with Crippen LogP contribution in [-0.2, 0) is 9.59 Å². The Bertz CT molecular complexity index is 684. The first kappa shape index (κ1) is 17.4. The van der Waals surface area contributed by atoms with Crippen LogP contribution in [-0.4, -0.2) is 55.1 Å². The zero-order valence-corrected chi connectivity index (χ0v) is 14.9. The Morgan fingerprint density at radius 1 is 1.24 bits per heavy atom. The van der Waals surface area contributed by atoms with Crippen molar-refractivity contribution in [2.24, 2.45) is 0 Å². The van der Waals surface area contributed by atoms with E-state index in [-0.39, 0.29) is 31.1 Å². The van der Waals surface area contributed by atoms with Gasteiger partial charge in [-0.05, 0) is 38.8 Å². The Morgan fingerprint density at radius 2 is 1.88 bits per heavy atom. The second kappa shape index (κ2) is 6.84. The third-order valence-corrected chi connectivity index (χ3v) is 4.59. The zero-order chi connectivity index (χ0) is 18.1. The predicted octanol–water partition coefficient (Wildman–Crippen LogP) is -0.0971. The molecule has 134 valence electrons. The minimum absolute atomic E-state index is 0.0393. The Balaban J connectivity index is 1.65. The molecule has 2 N–H and O–H groups in total. The van der Waals surface area contributed by atoms with Crippen LogP contribution in [0.1, 0.15) is 25.3 Å². The number of nitrogens with zero attached hydrogens (tertiary/aromatic N) is 2. The maximum atomic E-state index is 12.7. The number of hydrogen-bond donors (Lipinski definition) is 2. The molecule has 1 saturated carbocycles. The molecule has 1 aliphatic heterocycles. The molecule has 3 rings (SSSR count). The quantitative estimate of drug-likeness (QED) is 0.708. The molecule has 1 heterocycles. The molecule has 1 unspecified atom stereocenters. The monoisotopic (exact) mass is 345 g/mol. The molecule has 0 spiro atoms. The summed E-state index contributed by atoms with van der Waals surface area (Å²) in [5.74, 6) is -0.268. The molecule has 1 aromatic rings. The second-order valence-electron chi connectivity index (χ2n) is 7.06. The lowest BCUT2D eigenvalue weighted by Crippen LogP contribution is -3.12. The average Bonchev–Trinajstić information content (AvgIpc) is 3.34. The minimum Gasteiger partial charge on any atom is -0.348 e. The fourth-order valence-electron chi connectivity index (χ4n) is 3.02. The van der Waals surface area contributed by atoms with Crippen LogP contribution < -0.4 is 15.1 Å². The molecule has 0 bridgehead atoms. The topological polar surface area (TPSA) is 74.2 Å². The van der Waals surface area contributed by atoms with Gasteiger partial charge in [-0.1, -0.05) is 17.7 Å². The van der Waals surface area contributed by atoms with Crippen LogP contribution in [0.5, 0.6) is 0 Å². The smallest absolute Gasteiger partial charge is 0.336 e. The van der Waals surface area contributed by atoms with Gasteiger partial charge in [0.25, 0.3) is 11.8 Å². The van der Waals surface area contributed by atoms with E-state index >= 15 is 0 Å². The van der Waals surface area contributed by atoms with E-state index in [0.717, 1.165) is 23.3 Å². The summed E-state index contributed by atoms with van der Waals surface area (Å²) in [5, 5.41) is 2.92. The predicted molar refractivity (Wildman–Crippen MR) is 93.1 cm³/mol. The maximum Gasteiger partial charge on any atom is 0.336 e. The van der Waals surface area contributed by atoms with Gasteiger partial charge in [-0.25, -0.2) is 9.69 Å². The number of nitrogens with one attached hydrogen (secondary N) is 2. The first-order valence-electron chi connectivity index (χ1n) is 8.68. The number of amides is 4. The molecule has 1 aliphatic carbocycles. The molecule has 2 atom stereocenters. The van der Waals surface area contributed by atoms with E-state index < -0.39 is 6.04 Å². The number of hydrogen-bond acceptors (Lipinski definition) is 3. The van der Waals surface area contributed by atoms with Gasteiger partial charge in [-0.2, -0.15) is 0 Å². The van der Waals surface area contributed by atoms with Crippen LogP contribution in [0.15, 0.2) is 24.3 Å². The fourth-order valence-corrected chi connectivity index (χ4v) is 3.02. The average molecular weight is 345 g/mol. The van der Waals surface area contributed by atoms with Crippen molar-refractivity contribution in [3.8, 4) is 0 Å². The minimum atomic E-state index is -0.539. The van der Waals surface area contributed by atoms with Crippen LogP contribution >= 0.6 is 0 Å². The SMILES string of the molecule is Cc1ccc(N2C(=O)N(C[NH+](C)CC(=O)NC3CC3)C(=O)[C@@H]2C)cc1. The molecular formula is C18H25N4O3+. The van der Waals surface area contributed by atoms with Gasteiger partial charge in [0.2, 0.25) is 0 Å². The number of imide groups is 1. The van der Waals surface area contributed by atoms with E-state index in [0.29, 0.717) is 11.7 Å². The third-order valence-electron chi connectivity index (χ3n) is 4.59. The zero-order valence-electron chi connectivity index (χ0n) is 14.9. The summed E-state index contributed by atoms with van der Waals surface area (Å²) in [6, 6.07) is 6.98. The number of benzene rings is 1. The maximum absolute atomic E-state index is 12.7. The summed E-state index contributed by atoms with van der Waals surface area (Å²) in [6.07, 6.45) is 2.08. The first-order chi connectivity index (χ1) is 11.9. The van der Waals surface area contributed by atoms with E-state index in [4.69, 9.17) is 0 Å². The summed E-state index contributed by atoms with van der Waals surface area (Å²) in [5.41, 5.74) is 1.81. The second-order valence-corrected chi connectivity index (χ2v) is 7.06. The van der Waals surface area contributed by atoms with Crippen LogP contribution in [0.4, 0.5) is 10.5 Å². The lowest BCUT2D eigenvalue weighted by molar-refractivity contribution is -0.879. The number of aryl methyl sites for hydroxylation is 1. The molecule has 2 aliphatic rings. The molecule has 0 aromatic heterocycles. The van der Waals surface area contributed by atoms with E-state index in [1.54, 1.807) is 6.92 Å². The van der Waals surface area contributed by atoms with Crippen LogP contribution in [0.3, 0.4) is 0 Å². The van der Waals surface area contributed by atoms with Crippen molar-refractivity contribution in [3.05, 3.63) is 29.8 Å². The lowest BCUT2D eigenvalue weighted by Gasteiger charge is -2.21. The number of urea groups is 1. The van der Waals surface area contributed by atoms with Gasteiger partial charge >= 0.3 is 6.03 Å². The molecule has 7 nitrogen and oxygen atoms in total. The van der Waals surface area contributed by atoms with Crippen molar-refractivity contribution in [1.82, 2.24) is 10.2 Å². The Morgan fingerprint density at radius 3 is 2.48 bits per heavy atom. The molecule has 7 heteroatoms. The number of carbonyl (C=O) groups is 3. The summed E-state index contributed by atoms with van der Waals surface area (Å²) in [4.78, 5) is 40.7. The first-order valence-corrected chi connectivity index (χ1v) is 8.68. The number of carbonyl (C=O) groups excluding carboxylic acids is 3. The van der Waals surface area contributed by atoms with Crippen LogP contribution in [0.25, 0.3) is 0 Å². The Hall–Kier alpha value is -2.41. The molecule has 1 saturated heterocycles. The van der Waals surface area contributed by atoms with E-state index in [1.165, 1.54) is 9.80 Å².